The molecule has 4 heteroatoms. The normalized spacial score (nSPS) is 12.8. The summed E-state index contributed by atoms with van der Waals surface area (Å²) in [5.41, 5.74) is 1.02. The Bertz CT molecular complexity index is 294. The molecule has 0 saturated heterocycles. The third-order valence-corrected chi connectivity index (χ3v) is 2.11. The highest BCUT2D eigenvalue weighted by Gasteiger charge is 2.16. The molecule has 13 heavy (non-hydrogen) atoms. The van der Waals surface area contributed by atoms with Gasteiger partial charge in [0, 0.05) is 0 Å². The maximum atomic E-state index is 10.7. The molecule has 1 rings (SSSR count). The highest BCUT2D eigenvalue weighted by atomic mass is 16.4. The molecule has 0 aromatic carbocycles. The molecule has 2 N–H and O–H groups in total. The van der Waals surface area contributed by atoms with Gasteiger partial charge in [-0.05, 0) is 12.3 Å². The molecule has 0 aliphatic rings. The molecule has 1 aromatic rings. The number of carboxylic acid groups (broad SMARTS) is 1. The standard InChI is InChI=1S/C9H14N2O2/c1-3-4-6(2)8-7(9(12)13)5-10-11-8/h5-6H,3-4H2,1-2H3,(H,10,11)(H,12,13). The lowest BCUT2D eigenvalue weighted by molar-refractivity contribution is 0.0695. The lowest BCUT2D eigenvalue weighted by atomic mass is 9.99. The Morgan fingerprint density at radius 3 is 3.00 bits per heavy atom. The topological polar surface area (TPSA) is 66.0 Å². The molecule has 72 valence electrons. The SMILES string of the molecule is CCCC(C)c1[nH]ncc1C(=O)O. The van der Waals surface area contributed by atoms with Crippen LogP contribution in [0, 0.1) is 0 Å². The largest absolute Gasteiger partial charge is 0.478 e. The summed E-state index contributed by atoms with van der Waals surface area (Å²) in [5.74, 6) is -0.676. The molecule has 0 aliphatic heterocycles. The molecule has 1 aromatic heterocycles. The maximum absolute atomic E-state index is 10.7. The average Bonchev–Trinajstić information content (AvgIpc) is 2.52. The molecule has 0 fully saturated rings. The second-order valence-electron chi connectivity index (χ2n) is 3.19. The van der Waals surface area contributed by atoms with Gasteiger partial charge in [0.25, 0.3) is 0 Å². The number of aromatic carboxylic acids is 1. The number of aromatic amines is 1. The number of nitrogens with one attached hydrogen (secondary N) is 1. The fraction of sp³-hybridized carbons (Fsp3) is 0.556. The van der Waals surface area contributed by atoms with Crippen molar-refractivity contribution < 1.29 is 9.90 Å². The first kappa shape index (κ1) is 9.77. The van der Waals surface area contributed by atoms with E-state index in [1.807, 2.05) is 6.92 Å². The van der Waals surface area contributed by atoms with Crippen LogP contribution in [0.5, 0.6) is 0 Å². The van der Waals surface area contributed by atoms with Crippen molar-refractivity contribution in [3.05, 3.63) is 17.5 Å². The first-order chi connectivity index (χ1) is 6.16. The van der Waals surface area contributed by atoms with E-state index in [0.29, 0.717) is 5.56 Å². The number of hydrogen-bond donors (Lipinski definition) is 2. The van der Waals surface area contributed by atoms with E-state index in [2.05, 4.69) is 17.1 Å². The fourth-order valence-electron chi connectivity index (χ4n) is 1.42. The van der Waals surface area contributed by atoms with Crippen LogP contribution in [0.1, 0.15) is 48.7 Å². The van der Waals surface area contributed by atoms with Crippen molar-refractivity contribution in [1.29, 1.82) is 0 Å². The van der Waals surface area contributed by atoms with E-state index in [4.69, 9.17) is 5.11 Å². The number of carbonyl (C=O) groups is 1. The second kappa shape index (κ2) is 4.07. The van der Waals surface area contributed by atoms with E-state index in [1.165, 1.54) is 6.20 Å². The van der Waals surface area contributed by atoms with Gasteiger partial charge in [-0.15, -0.1) is 0 Å². The number of nitrogens with zero attached hydrogens (tertiary/aromatic N) is 1. The summed E-state index contributed by atoms with van der Waals surface area (Å²) >= 11 is 0. The van der Waals surface area contributed by atoms with Gasteiger partial charge in [0.15, 0.2) is 0 Å². The zero-order chi connectivity index (χ0) is 9.84. The number of H-pyrrole nitrogens is 1. The lowest BCUT2D eigenvalue weighted by Gasteiger charge is -2.07. The summed E-state index contributed by atoms with van der Waals surface area (Å²) in [6, 6.07) is 0. The van der Waals surface area contributed by atoms with Gasteiger partial charge in [-0.2, -0.15) is 5.10 Å². The van der Waals surface area contributed by atoms with E-state index in [-0.39, 0.29) is 5.92 Å². The van der Waals surface area contributed by atoms with Crippen molar-refractivity contribution >= 4 is 5.97 Å². The Morgan fingerprint density at radius 2 is 2.46 bits per heavy atom. The number of rotatable bonds is 4. The lowest BCUT2D eigenvalue weighted by Crippen LogP contribution is -2.03. The molecule has 1 unspecified atom stereocenters. The molecular formula is C9H14N2O2. The van der Waals surface area contributed by atoms with Crippen LogP contribution in [0.3, 0.4) is 0 Å². The summed E-state index contributed by atoms with van der Waals surface area (Å²) in [4.78, 5) is 10.7. The minimum absolute atomic E-state index is 0.235. The van der Waals surface area contributed by atoms with E-state index < -0.39 is 5.97 Å². The number of hydrogen-bond acceptors (Lipinski definition) is 2. The Labute approximate surface area is 77.0 Å². The molecule has 1 heterocycles. The maximum Gasteiger partial charge on any atom is 0.339 e. The van der Waals surface area contributed by atoms with Crippen molar-refractivity contribution in [1.82, 2.24) is 10.2 Å². The van der Waals surface area contributed by atoms with Gasteiger partial charge in [0.1, 0.15) is 5.56 Å². The Hall–Kier alpha value is -1.32. The monoisotopic (exact) mass is 182 g/mol. The van der Waals surface area contributed by atoms with Crippen molar-refractivity contribution in [3.63, 3.8) is 0 Å². The van der Waals surface area contributed by atoms with Crippen LogP contribution in [0.2, 0.25) is 0 Å². The van der Waals surface area contributed by atoms with Crippen molar-refractivity contribution in [2.45, 2.75) is 32.6 Å². The summed E-state index contributed by atoms with van der Waals surface area (Å²) in [5, 5.41) is 15.3. The van der Waals surface area contributed by atoms with Crippen LogP contribution in [-0.4, -0.2) is 21.3 Å². The summed E-state index contributed by atoms with van der Waals surface area (Å²) < 4.78 is 0. The molecular weight excluding hydrogens is 168 g/mol. The van der Waals surface area contributed by atoms with Gasteiger partial charge in [-0.25, -0.2) is 4.79 Å². The fourth-order valence-corrected chi connectivity index (χ4v) is 1.42. The van der Waals surface area contributed by atoms with E-state index in [9.17, 15) is 4.79 Å². The van der Waals surface area contributed by atoms with Gasteiger partial charge >= 0.3 is 5.97 Å². The minimum atomic E-state index is -0.910. The zero-order valence-electron chi connectivity index (χ0n) is 7.87. The summed E-state index contributed by atoms with van der Waals surface area (Å²) in [6.45, 7) is 4.08. The predicted molar refractivity (Wildman–Crippen MR) is 48.9 cm³/mol. The predicted octanol–water partition coefficient (Wildman–Crippen LogP) is 2.01. The van der Waals surface area contributed by atoms with E-state index >= 15 is 0 Å². The molecule has 0 spiro atoms. The van der Waals surface area contributed by atoms with Crippen LogP contribution >= 0.6 is 0 Å². The average molecular weight is 182 g/mol. The molecule has 0 amide bonds. The molecule has 1 atom stereocenters. The van der Waals surface area contributed by atoms with Crippen molar-refractivity contribution in [2.75, 3.05) is 0 Å². The molecule has 4 nitrogen and oxygen atoms in total. The van der Waals surface area contributed by atoms with E-state index in [0.717, 1.165) is 18.5 Å². The number of carboxylic acids is 1. The van der Waals surface area contributed by atoms with Gasteiger partial charge in [-0.3, -0.25) is 5.10 Å². The Balaban J connectivity index is 2.86. The van der Waals surface area contributed by atoms with Gasteiger partial charge in [0.05, 0.1) is 11.9 Å². The number of aromatic nitrogens is 2. The van der Waals surface area contributed by atoms with Gasteiger partial charge < -0.3 is 5.11 Å². The van der Waals surface area contributed by atoms with Crippen LogP contribution in [0.4, 0.5) is 0 Å². The quantitative estimate of drug-likeness (QED) is 0.748. The Kier molecular flexibility index (Phi) is 3.06. The van der Waals surface area contributed by atoms with Gasteiger partial charge in [0.2, 0.25) is 0 Å². The summed E-state index contributed by atoms with van der Waals surface area (Å²) in [7, 11) is 0. The van der Waals surface area contributed by atoms with Crippen LogP contribution in [0.15, 0.2) is 6.20 Å². The zero-order valence-corrected chi connectivity index (χ0v) is 7.87. The summed E-state index contributed by atoms with van der Waals surface area (Å²) in [6.07, 6.45) is 3.38. The highest BCUT2D eigenvalue weighted by molar-refractivity contribution is 5.88. The first-order valence-corrected chi connectivity index (χ1v) is 4.43. The van der Waals surface area contributed by atoms with Crippen LogP contribution < -0.4 is 0 Å². The van der Waals surface area contributed by atoms with Crippen LogP contribution in [-0.2, 0) is 0 Å². The van der Waals surface area contributed by atoms with Crippen LogP contribution in [0.25, 0.3) is 0 Å². The molecule has 0 bridgehead atoms. The highest BCUT2D eigenvalue weighted by Crippen LogP contribution is 2.21. The van der Waals surface area contributed by atoms with Gasteiger partial charge in [-0.1, -0.05) is 20.3 Å². The van der Waals surface area contributed by atoms with Crippen molar-refractivity contribution in [2.24, 2.45) is 0 Å². The third-order valence-electron chi connectivity index (χ3n) is 2.11. The van der Waals surface area contributed by atoms with Crippen molar-refractivity contribution in [3.8, 4) is 0 Å². The second-order valence-corrected chi connectivity index (χ2v) is 3.19. The Morgan fingerprint density at radius 1 is 1.77 bits per heavy atom. The first-order valence-electron chi connectivity index (χ1n) is 4.43. The smallest absolute Gasteiger partial charge is 0.339 e. The molecule has 0 aliphatic carbocycles. The minimum Gasteiger partial charge on any atom is -0.478 e. The molecule has 0 radical (unpaired) electrons. The van der Waals surface area contributed by atoms with E-state index in [1.54, 1.807) is 0 Å². The molecule has 0 saturated carbocycles. The third kappa shape index (κ3) is 2.08.